The van der Waals surface area contributed by atoms with Gasteiger partial charge in [0.25, 0.3) is 0 Å². The van der Waals surface area contributed by atoms with Gasteiger partial charge in [0.1, 0.15) is 0 Å². The van der Waals surface area contributed by atoms with Gasteiger partial charge < -0.3 is 10.6 Å². The first-order valence-electron chi connectivity index (χ1n) is 5.17. The summed E-state index contributed by atoms with van der Waals surface area (Å²) in [6.45, 7) is 9.39. The van der Waals surface area contributed by atoms with E-state index >= 15 is 0 Å². The van der Waals surface area contributed by atoms with Crippen LogP contribution in [0.2, 0.25) is 4.34 Å². The highest BCUT2D eigenvalue weighted by Gasteiger charge is 2.06. The fourth-order valence-corrected chi connectivity index (χ4v) is 2.24. The van der Waals surface area contributed by atoms with Crippen molar-refractivity contribution in [2.75, 3.05) is 13.1 Å². The van der Waals surface area contributed by atoms with Gasteiger partial charge in [0.05, 0.1) is 4.34 Å². The highest BCUT2D eigenvalue weighted by molar-refractivity contribution is 7.16. The van der Waals surface area contributed by atoms with Crippen molar-refractivity contribution >= 4 is 22.9 Å². The van der Waals surface area contributed by atoms with Crippen molar-refractivity contribution in [3.63, 3.8) is 0 Å². The van der Waals surface area contributed by atoms with Crippen LogP contribution in [-0.4, -0.2) is 18.6 Å². The Hall–Kier alpha value is -0.0900. The Bertz CT molecular complexity index is 291. The molecule has 0 aliphatic heterocycles. The van der Waals surface area contributed by atoms with Crippen molar-refractivity contribution in [2.24, 2.45) is 0 Å². The summed E-state index contributed by atoms with van der Waals surface area (Å²) in [4.78, 5) is 1.29. The molecule has 0 bridgehead atoms. The molecule has 0 fully saturated rings. The van der Waals surface area contributed by atoms with E-state index in [-0.39, 0.29) is 5.54 Å². The summed E-state index contributed by atoms with van der Waals surface area (Å²) in [6.07, 6.45) is 0. The number of rotatable bonds is 5. The molecule has 0 aliphatic rings. The Labute approximate surface area is 101 Å². The van der Waals surface area contributed by atoms with E-state index in [9.17, 15) is 0 Å². The van der Waals surface area contributed by atoms with Crippen molar-refractivity contribution < 1.29 is 0 Å². The van der Waals surface area contributed by atoms with Crippen molar-refractivity contribution in [1.82, 2.24) is 10.6 Å². The van der Waals surface area contributed by atoms with Gasteiger partial charge in [-0.05, 0) is 32.9 Å². The van der Waals surface area contributed by atoms with E-state index in [0.29, 0.717) is 0 Å². The van der Waals surface area contributed by atoms with Crippen molar-refractivity contribution in [3.8, 4) is 0 Å². The molecule has 0 spiro atoms. The molecule has 0 aliphatic carbocycles. The van der Waals surface area contributed by atoms with Crippen LogP contribution in [-0.2, 0) is 6.54 Å². The Morgan fingerprint density at radius 1 is 1.27 bits per heavy atom. The van der Waals surface area contributed by atoms with E-state index in [4.69, 9.17) is 11.6 Å². The van der Waals surface area contributed by atoms with E-state index in [1.54, 1.807) is 11.3 Å². The van der Waals surface area contributed by atoms with Crippen LogP contribution in [0.15, 0.2) is 12.1 Å². The van der Waals surface area contributed by atoms with Gasteiger partial charge in [0, 0.05) is 30.1 Å². The topological polar surface area (TPSA) is 24.1 Å². The lowest BCUT2D eigenvalue weighted by Crippen LogP contribution is -2.40. The zero-order valence-corrected chi connectivity index (χ0v) is 11.1. The SMILES string of the molecule is CC(C)(C)NCCNCc1ccc(Cl)s1. The zero-order valence-electron chi connectivity index (χ0n) is 9.56. The third-order valence-electron chi connectivity index (χ3n) is 1.89. The normalized spacial score (nSPS) is 12.0. The zero-order chi connectivity index (χ0) is 11.3. The summed E-state index contributed by atoms with van der Waals surface area (Å²) in [7, 11) is 0. The van der Waals surface area contributed by atoms with Crippen molar-refractivity contribution in [2.45, 2.75) is 32.9 Å². The number of nitrogens with one attached hydrogen (secondary N) is 2. The summed E-state index contributed by atoms with van der Waals surface area (Å²) in [5.74, 6) is 0. The molecule has 0 saturated carbocycles. The van der Waals surface area contributed by atoms with Crippen LogP contribution < -0.4 is 10.6 Å². The minimum atomic E-state index is 0.202. The predicted molar refractivity (Wildman–Crippen MR) is 68.8 cm³/mol. The van der Waals surface area contributed by atoms with Crippen LogP contribution in [0.5, 0.6) is 0 Å². The molecule has 1 heterocycles. The van der Waals surface area contributed by atoms with Crippen LogP contribution >= 0.6 is 22.9 Å². The monoisotopic (exact) mass is 246 g/mol. The highest BCUT2D eigenvalue weighted by atomic mass is 35.5. The lowest BCUT2D eigenvalue weighted by molar-refractivity contribution is 0.422. The van der Waals surface area contributed by atoms with Gasteiger partial charge in [-0.3, -0.25) is 0 Å². The summed E-state index contributed by atoms with van der Waals surface area (Å²) in [5, 5.41) is 6.81. The lowest BCUT2D eigenvalue weighted by atomic mass is 10.1. The molecule has 0 aromatic carbocycles. The van der Waals surface area contributed by atoms with Gasteiger partial charge in [-0.25, -0.2) is 0 Å². The summed E-state index contributed by atoms with van der Waals surface area (Å²) in [5.41, 5.74) is 0.202. The molecule has 1 aromatic rings. The summed E-state index contributed by atoms with van der Waals surface area (Å²) in [6, 6.07) is 4.01. The lowest BCUT2D eigenvalue weighted by Gasteiger charge is -2.20. The summed E-state index contributed by atoms with van der Waals surface area (Å²) < 4.78 is 0.861. The third kappa shape index (κ3) is 6.15. The van der Waals surface area contributed by atoms with Crippen LogP contribution in [0.3, 0.4) is 0 Å². The van der Waals surface area contributed by atoms with E-state index in [1.807, 2.05) is 6.07 Å². The first-order valence-corrected chi connectivity index (χ1v) is 6.37. The standard InChI is InChI=1S/C11H19ClN2S/c1-11(2,3)14-7-6-13-8-9-4-5-10(12)15-9/h4-5,13-14H,6-8H2,1-3H3. The first kappa shape index (κ1) is 13.0. The van der Waals surface area contributed by atoms with Gasteiger partial charge in [-0.2, -0.15) is 0 Å². The quantitative estimate of drug-likeness (QED) is 0.781. The van der Waals surface area contributed by atoms with Crippen molar-refractivity contribution in [3.05, 3.63) is 21.3 Å². The Balaban J connectivity index is 2.07. The predicted octanol–water partition coefficient (Wildman–Crippen LogP) is 2.88. The minimum Gasteiger partial charge on any atom is -0.311 e. The first-order chi connectivity index (χ1) is 6.97. The molecule has 0 amide bonds. The van der Waals surface area contributed by atoms with Crippen LogP contribution in [0.25, 0.3) is 0 Å². The van der Waals surface area contributed by atoms with Crippen molar-refractivity contribution in [1.29, 1.82) is 0 Å². The maximum Gasteiger partial charge on any atom is 0.0931 e. The van der Waals surface area contributed by atoms with E-state index in [1.165, 1.54) is 4.88 Å². The van der Waals surface area contributed by atoms with Gasteiger partial charge >= 0.3 is 0 Å². The molecule has 1 rings (SSSR count). The summed E-state index contributed by atoms with van der Waals surface area (Å²) >= 11 is 7.47. The van der Waals surface area contributed by atoms with E-state index in [2.05, 4.69) is 37.5 Å². The fraction of sp³-hybridized carbons (Fsp3) is 0.636. The van der Waals surface area contributed by atoms with Crippen LogP contribution in [0, 0.1) is 0 Å². The molecule has 15 heavy (non-hydrogen) atoms. The average Bonchev–Trinajstić information content (AvgIpc) is 2.49. The molecular weight excluding hydrogens is 228 g/mol. The number of thiophene rings is 1. The number of halogens is 1. The van der Waals surface area contributed by atoms with Gasteiger partial charge in [0.15, 0.2) is 0 Å². The maximum absolute atomic E-state index is 5.84. The molecule has 2 nitrogen and oxygen atoms in total. The molecule has 2 N–H and O–H groups in total. The average molecular weight is 247 g/mol. The number of hydrogen-bond acceptors (Lipinski definition) is 3. The molecule has 0 radical (unpaired) electrons. The molecule has 1 aromatic heterocycles. The molecule has 86 valence electrons. The molecule has 0 atom stereocenters. The van der Waals surface area contributed by atoms with E-state index in [0.717, 1.165) is 24.0 Å². The fourth-order valence-electron chi connectivity index (χ4n) is 1.18. The molecule has 0 unspecified atom stereocenters. The Kier molecular flexibility index (Phi) is 5.06. The number of hydrogen-bond donors (Lipinski definition) is 2. The van der Waals surface area contributed by atoms with Gasteiger partial charge in [0.2, 0.25) is 0 Å². The second-order valence-corrected chi connectivity index (χ2v) is 6.36. The molecule has 4 heteroatoms. The highest BCUT2D eigenvalue weighted by Crippen LogP contribution is 2.20. The van der Waals surface area contributed by atoms with Gasteiger partial charge in [-0.15, -0.1) is 11.3 Å². The third-order valence-corrected chi connectivity index (χ3v) is 3.12. The maximum atomic E-state index is 5.84. The minimum absolute atomic E-state index is 0.202. The molecular formula is C11H19ClN2S. The Morgan fingerprint density at radius 3 is 2.53 bits per heavy atom. The molecule has 0 saturated heterocycles. The van der Waals surface area contributed by atoms with Crippen LogP contribution in [0.4, 0.5) is 0 Å². The van der Waals surface area contributed by atoms with E-state index < -0.39 is 0 Å². The van der Waals surface area contributed by atoms with Crippen LogP contribution in [0.1, 0.15) is 25.6 Å². The Morgan fingerprint density at radius 2 is 2.00 bits per heavy atom. The largest absolute Gasteiger partial charge is 0.311 e. The van der Waals surface area contributed by atoms with Gasteiger partial charge in [-0.1, -0.05) is 11.6 Å². The second-order valence-electron chi connectivity index (χ2n) is 4.56. The smallest absolute Gasteiger partial charge is 0.0931 e. The second kappa shape index (κ2) is 5.85.